The number of hydrogen-bond acceptors (Lipinski definition) is 4. The highest BCUT2D eigenvalue weighted by atomic mass is 127. The van der Waals surface area contributed by atoms with Crippen LogP contribution in [0, 0.1) is 0 Å². The van der Waals surface area contributed by atoms with Gasteiger partial charge < -0.3 is 15.5 Å². The lowest BCUT2D eigenvalue weighted by Gasteiger charge is -2.36. The SMILES string of the molecule is CN=C(NCCCCSC)NCC(C)N1CCN(C)CC1.I. The average Bonchev–Trinajstić information content (AvgIpc) is 2.50. The molecule has 1 rings (SSSR count). The second-order valence-electron chi connectivity index (χ2n) is 5.77. The van der Waals surface area contributed by atoms with E-state index < -0.39 is 0 Å². The molecule has 0 aromatic carbocycles. The van der Waals surface area contributed by atoms with E-state index in [1.807, 2.05) is 18.8 Å². The maximum Gasteiger partial charge on any atom is 0.191 e. The first-order valence-corrected chi connectivity index (χ1v) is 9.42. The summed E-state index contributed by atoms with van der Waals surface area (Å²) in [7, 11) is 4.04. The van der Waals surface area contributed by atoms with E-state index >= 15 is 0 Å². The minimum absolute atomic E-state index is 0. The van der Waals surface area contributed by atoms with Crippen LogP contribution in [0.3, 0.4) is 0 Å². The van der Waals surface area contributed by atoms with E-state index in [1.165, 1.54) is 44.8 Å². The molecule has 0 aromatic rings. The van der Waals surface area contributed by atoms with E-state index in [0.29, 0.717) is 6.04 Å². The Morgan fingerprint density at radius 3 is 2.45 bits per heavy atom. The van der Waals surface area contributed by atoms with Gasteiger partial charge in [-0.1, -0.05) is 0 Å². The van der Waals surface area contributed by atoms with E-state index in [1.54, 1.807) is 0 Å². The van der Waals surface area contributed by atoms with Crippen LogP contribution in [0.2, 0.25) is 0 Å². The minimum atomic E-state index is 0. The molecule has 1 aliphatic heterocycles. The number of thioether (sulfide) groups is 1. The van der Waals surface area contributed by atoms with Crippen LogP contribution in [0.15, 0.2) is 4.99 Å². The first-order chi connectivity index (χ1) is 10.2. The zero-order valence-electron chi connectivity index (χ0n) is 14.6. The Kier molecular flexibility index (Phi) is 13.9. The lowest BCUT2D eigenvalue weighted by atomic mass is 10.2. The highest BCUT2D eigenvalue weighted by molar-refractivity contribution is 14.0. The van der Waals surface area contributed by atoms with Gasteiger partial charge in [0.05, 0.1) is 0 Å². The molecule has 22 heavy (non-hydrogen) atoms. The third-order valence-electron chi connectivity index (χ3n) is 4.02. The van der Waals surface area contributed by atoms with Crippen molar-refractivity contribution < 1.29 is 0 Å². The summed E-state index contributed by atoms with van der Waals surface area (Å²) < 4.78 is 0. The van der Waals surface area contributed by atoms with Crippen LogP contribution in [0.1, 0.15) is 19.8 Å². The van der Waals surface area contributed by atoms with Gasteiger partial charge in [0.1, 0.15) is 0 Å². The van der Waals surface area contributed by atoms with Crippen molar-refractivity contribution in [2.24, 2.45) is 4.99 Å². The average molecular weight is 443 g/mol. The van der Waals surface area contributed by atoms with Gasteiger partial charge in [0.15, 0.2) is 5.96 Å². The largest absolute Gasteiger partial charge is 0.356 e. The summed E-state index contributed by atoms with van der Waals surface area (Å²) in [6, 6.07) is 0.550. The van der Waals surface area contributed by atoms with E-state index in [9.17, 15) is 0 Å². The Hall–Kier alpha value is 0.270. The molecule has 0 aliphatic carbocycles. The highest BCUT2D eigenvalue weighted by Gasteiger charge is 2.18. The van der Waals surface area contributed by atoms with E-state index in [0.717, 1.165) is 19.0 Å². The Morgan fingerprint density at radius 2 is 1.86 bits per heavy atom. The maximum absolute atomic E-state index is 4.30. The number of nitrogens with one attached hydrogen (secondary N) is 2. The van der Waals surface area contributed by atoms with Gasteiger partial charge in [0.25, 0.3) is 0 Å². The molecule has 1 unspecified atom stereocenters. The van der Waals surface area contributed by atoms with Gasteiger partial charge in [-0.25, -0.2) is 0 Å². The van der Waals surface area contributed by atoms with Crippen molar-refractivity contribution in [1.82, 2.24) is 20.4 Å². The van der Waals surface area contributed by atoms with E-state index in [-0.39, 0.29) is 24.0 Å². The van der Waals surface area contributed by atoms with Gasteiger partial charge in [-0.05, 0) is 38.8 Å². The van der Waals surface area contributed by atoms with Crippen LogP contribution < -0.4 is 10.6 Å². The molecule has 0 amide bonds. The standard InChI is InChI=1S/C15H33N5S.HI/c1-14(20-10-8-19(3)9-11-20)13-18-15(16-2)17-7-5-6-12-21-4;/h14H,5-13H2,1-4H3,(H2,16,17,18);1H. The molecule has 1 saturated heterocycles. The Labute approximate surface area is 158 Å². The van der Waals surface area contributed by atoms with Crippen molar-refractivity contribution in [3.05, 3.63) is 0 Å². The van der Waals surface area contributed by atoms with Crippen molar-refractivity contribution in [2.75, 3.05) is 65.4 Å². The molecule has 0 aromatic heterocycles. The Morgan fingerprint density at radius 1 is 1.18 bits per heavy atom. The molecule has 0 bridgehead atoms. The smallest absolute Gasteiger partial charge is 0.191 e. The number of piperazine rings is 1. The van der Waals surface area contributed by atoms with Gasteiger partial charge in [-0.2, -0.15) is 11.8 Å². The zero-order chi connectivity index (χ0) is 15.5. The van der Waals surface area contributed by atoms with Gasteiger partial charge >= 0.3 is 0 Å². The third kappa shape index (κ3) is 9.42. The van der Waals surface area contributed by atoms with Crippen LogP contribution >= 0.6 is 35.7 Å². The number of nitrogens with zero attached hydrogens (tertiary/aromatic N) is 3. The quantitative estimate of drug-likeness (QED) is 0.258. The van der Waals surface area contributed by atoms with Crippen LogP contribution in [0.25, 0.3) is 0 Å². The maximum atomic E-state index is 4.30. The zero-order valence-corrected chi connectivity index (χ0v) is 17.7. The number of hydrogen-bond donors (Lipinski definition) is 2. The number of guanidine groups is 1. The number of rotatable bonds is 8. The summed E-state index contributed by atoms with van der Waals surface area (Å²) in [6.45, 7) is 8.93. The lowest BCUT2D eigenvalue weighted by molar-refractivity contribution is 0.120. The number of halogens is 1. The van der Waals surface area contributed by atoms with Crippen LogP contribution in [-0.4, -0.2) is 87.2 Å². The fraction of sp³-hybridized carbons (Fsp3) is 0.933. The third-order valence-corrected chi connectivity index (χ3v) is 4.71. The molecule has 132 valence electrons. The molecule has 0 radical (unpaired) electrons. The molecule has 1 fully saturated rings. The van der Waals surface area contributed by atoms with Crippen molar-refractivity contribution >= 4 is 41.7 Å². The fourth-order valence-corrected chi connectivity index (χ4v) is 2.93. The monoisotopic (exact) mass is 443 g/mol. The Balaban J connectivity index is 0.00000441. The minimum Gasteiger partial charge on any atom is -0.356 e. The Bertz CT molecular complexity index is 296. The van der Waals surface area contributed by atoms with Gasteiger partial charge in [0.2, 0.25) is 0 Å². The number of likely N-dealkylation sites (N-methyl/N-ethyl adjacent to an activating group) is 1. The van der Waals surface area contributed by atoms with Crippen molar-refractivity contribution in [3.8, 4) is 0 Å². The number of aliphatic imine (C=N–C) groups is 1. The summed E-state index contributed by atoms with van der Waals surface area (Å²) >= 11 is 1.91. The molecule has 0 spiro atoms. The van der Waals surface area contributed by atoms with E-state index in [4.69, 9.17) is 0 Å². The second-order valence-corrected chi connectivity index (χ2v) is 6.75. The fourth-order valence-electron chi connectivity index (χ4n) is 2.43. The molecule has 1 aliphatic rings. The lowest BCUT2D eigenvalue weighted by Crippen LogP contribution is -2.52. The molecular weight excluding hydrogens is 409 g/mol. The highest BCUT2D eigenvalue weighted by Crippen LogP contribution is 2.04. The van der Waals surface area contributed by atoms with E-state index in [2.05, 4.69) is 45.7 Å². The van der Waals surface area contributed by atoms with Crippen LogP contribution in [0.5, 0.6) is 0 Å². The van der Waals surface area contributed by atoms with Crippen LogP contribution in [0.4, 0.5) is 0 Å². The molecule has 1 atom stereocenters. The van der Waals surface area contributed by atoms with Gasteiger partial charge in [-0.15, -0.1) is 24.0 Å². The molecular formula is C15H34IN5S. The summed E-state index contributed by atoms with van der Waals surface area (Å²) in [5.74, 6) is 2.17. The normalized spacial score (nSPS) is 18.6. The summed E-state index contributed by atoms with van der Waals surface area (Å²) in [4.78, 5) is 9.25. The summed E-state index contributed by atoms with van der Waals surface area (Å²) in [5.41, 5.74) is 0. The van der Waals surface area contributed by atoms with Gasteiger partial charge in [0, 0.05) is 52.4 Å². The molecule has 2 N–H and O–H groups in total. The predicted octanol–water partition coefficient (Wildman–Crippen LogP) is 1.55. The van der Waals surface area contributed by atoms with Crippen molar-refractivity contribution in [2.45, 2.75) is 25.8 Å². The predicted molar refractivity (Wildman–Crippen MR) is 111 cm³/mol. The van der Waals surface area contributed by atoms with Crippen molar-refractivity contribution in [3.63, 3.8) is 0 Å². The van der Waals surface area contributed by atoms with Crippen molar-refractivity contribution in [1.29, 1.82) is 0 Å². The first kappa shape index (κ1) is 22.3. The van der Waals surface area contributed by atoms with Crippen LogP contribution in [-0.2, 0) is 0 Å². The summed E-state index contributed by atoms with van der Waals surface area (Å²) in [5, 5.41) is 6.84. The summed E-state index contributed by atoms with van der Waals surface area (Å²) in [6.07, 6.45) is 4.63. The molecule has 7 heteroatoms. The topological polar surface area (TPSA) is 42.9 Å². The number of unbranched alkanes of at least 4 members (excludes halogenated alkanes) is 1. The molecule has 5 nitrogen and oxygen atoms in total. The second kappa shape index (κ2) is 13.7. The van der Waals surface area contributed by atoms with Gasteiger partial charge in [-0.3, -0.25) is 9.89 Å². The first-order valence-electron chi connectivity index (χ1n) is 8.03. The molecule has 1 heterocycles. The molecule has 0 saturated carbocycles.